The lowest BCUT2D eigenvalue weighted by Crippen LogP contribution is -2.30. The molecule has 0 spiro atoms. The summed E-state index contributed by atoms with van der Waals surface area (Å²) in [5, 5.41) is 0. The van der Waals surface area contributed by atoms with Gasteiger partial charge in [0, 0.05) is 12.4 Å². The third-order valence-corrected chi connectivity index (χ3v) is 1.86. The van der Waals surface area contributed by atoms with Crippen molar-refractivity contribution in [3.63, 3.8) is 0 Å². The molecule has 0 atom stereocenters. The maximum Gasteiger partial charge on any atom is 0.434 e. The topological polar surface area (TPSA) is 117 Å². The molecule has 0 fully saturated rings. The normalized spacial score (nSPS) is 14.7. The second-order valence-corrected chi connectivity index (χ2v) is 3.21. The first-order valence-electron chi connectivity index (χ1n) is 5.37. The summed E-state index contributed by atoms with van der Waals surface area (Å²) in [5.41, 5.74) is 12.5. The minimum absolute atomic E-state index is 0.108. The molecule has 0 heterocycles. The zero-order valence-electron chi connectivity index (χ0n) is 10.6. The Morgan fingerprint density at radius 3 is 2.20 bits per heavy atom. The first-order chi connectivity index (χ1) is 9.31. The molecule has 0 rings (SSSR count). The summed E-state index contributed by atoms with van der Waals surface area (Å²) in [4.78, 5) is 14.7. The van der Waals surface area contributed by atoms with Crippen molar-refractivity contribution >= 4 is 11.7 Å². The number of esters is 1. The largest absolute Gasteiger partial charge is 0.462 e. The van der Waals surface area contributed by atoms with Crippen molar-refractivity contribution in [1.29, 1.82) is 0 Å². The van der Waals surface area contributed by atoms with E-state index in [0.29, 0.717) is 6.20 Å². The van der Waals surface area contributed by atoms with Crippen molar-refractivity contribution in [1.82, 2.24) is 0 Å². The Morgan fingerprint density at radius 2 is 1.85 bits per heavy atom. The van der Waals surface area contributed by atoms with Gasteiger partial charge < -0.3 is 21.9 Å². The molecule has 0 bridgehead atoms. The Labute approximate surface area is 113 Å². The highest BCUT2D eigenvalue weighted by molar-refractivity contribution is 6.22. The molecule has 0 saturated heterocycles. The van der Waals surface area contributed by atoms with Gasteiger partial charge >= 0.3 is 12.1 Å². The lowest BCUT2D eigenvalue weighted by atomic mass is 10.1. The van der Waals surface area contributed by atoms with Crippen LogP contribution in [0.15, 0.2) is 40.9 Å². The van der Waals surface area contributed by atoms with Crippen LogP contribution in [0.1, 0.15) is 6.92 Å². The van der Waals surface area contributed by atoms with Gasteiger partial charge in [0.05, 0.1) is 12.3 Å². The summed E-state index contributed by atoms with van der Waals surface area (Å²) >= 11 is 0. The predicted molar refractivity (Wildman–Crippen MR) is 68.0 cm³/mol. The molecule has 0 aliphatic carbocycles. The zero-order valence-corrected chi connectivity index (χ0v) is 10.6. The summed E-state index contributed by atoms with van der Waals surface area (Å²) in [6.07, 6.45) is -1.66. The van der Waals surface area contributed by atoms with Crippen LogP contribution >= 0.6 is 0 Å². The van der Waals surface area contributed by atoms with Gasteiger partial charge in [-0.15, -0.1) is 0 Å². The van der Waals surface area contributed by atoms with Crippen molar-refractivity contribution in [3.8, 4) is 0 Å². The Balaban J connectivity index is 5.81. The molecule has 0 aromatic carbocycles. The minimum Gasteiger partial charge on any atom is -0.462 e. The lowest BCUT2D eigenvalue weighted by Gasteiger charge is -2.13. The molecule has 0 amide bonds. The van der Waals surface area contributed by atoms with Gasteiger partial charge in [0.2, 0.25) is 0 Å². The number of ether oxygens (including phenoxy) is 1. The molecule has 20 heavy (non-hydrogen) atoms. The summed E-state index contributed by atoms with van der Waals surface area (Å²) in [6, 6.07) is 0. The SMILES string of the molecule is CCOC(=O)C(=CN)C(=NC(/C=C\N)=C/N)C(F)(F)F. The van der Waals surface area contributed by atoms with Crippen LogP contribution in [0.25, 0.3) is 0 Å². The zero-order chi connectivity index (χ0) is 15.8. The monoisotopic (exact) mass is 292 g/mol. The molecule has 0 aliphatic heterocycles. The van der Waals surface area contributed by atoms with Crippen LogP contribution in [0.5, 0.6) is 0 Å². The van der Waals surface area contributed by atoms with Gasteiger partial charge in [-0.05, 0) is 19.2 Å². The fourth-order valence-electron chi connectivity index (χ4n) is 1.09. The Morgan fingerprint density at radius 1 is 1.25 bits per heavy atom. The van der Waals surface area contributed by atoms with Crippen LogP contribution < -0.4 is 17.2 Å². The van der Waals surface area contributed by atoms with E-state index in [0.717, 1.165) is 18.5 Å². The summed E-state index contributed by atoms with van der Waals surface area (Å²) < 4.78 is 43.3. The average molecular weight is 292 g/mol. The number of carbonyl (C=O) groups excluding carboxylic acids is 1. The van der Waals surface area contributed by atoms with Crippen LogP contribution in [-0.2, 0) is 9.53 Å². The van der Waals surface area contributed by atoms with Crippen LogP contribution in [0.2, 0.25) is 0 Å². The van der Waals surface area contributed by atoms with E-state index in [2.05, 4.69) is 9.73 Å². The highest BCUT2D eigenvalue weighted by Gasteiger charge is 2.41. The van der Waals surface area contributed by atoms with Crippen LogP contribution in [0, 0.1) is 0 Å². The summed E-state index contributed by atoms with van der Waals surface area (Å²) in [7, 11) is 0. The molecular formula is C11H15F3N4O2. The molecule has 0 aromatic rings. The fourth-order valence-corrected chi connectivity index (χ4v) is 1.09. The maximum atomic E-state index is 12.9. The molecule has 0 aliphatic rings. The van der Waals surface area contributed by atoms with Crippen LogP contribution in [0.4, 0.5) is 13.2 Å². The Hall–Kier alpha value is -2.45. The highest BCUT2D eigenvalue weighted by atomic mass is 19.4. The van der Waals surface area contributed by atoms with E-state index in [1.54, 1.807) is 0 Å². The molecule has 0 aromatic heterocycles. The summed E-state index contributed by atoms with van der Waals surface area (Å²) in [5.74, 6) is -1.24. The van der Waals surface area contributed by atoms with Gasteiger partial charge in [0.15, 0.2) is 5.71 Å². The second-order valence-electron chi connectivity index (χ2n) is 3.21. The van der Waals surface area contributed by atoms with E-state index in [9.17, 15) is 18.0 Å². The van der Waals surface area contributed by atoms with E-state index < -0.39 is 23.4 Å². The molecule has 6 nitrogen and oxygen atoms in total. The third kappa shape index (κ3) is 5.04. The van der Waals surface area contributed by atoms with Gasteiger partial charge in [-0.1, -0.05) is 0 Å². The molecule has 0 unspecified atom stereocenters. The number of halogens is 3. The van der Waals surface area contributed by atoms with E-state index >= 15 is 0 Å². The number of alkyl halides is 3. The van der Waals surface area contributed by atoms with Crippen molar-refractivity contribution in [2.75, 3.05) is 6.61 Å². The van der Waals surface area contributed by atoms with Gasteiger partial charge in [0.25, 0.3) is 0 Å². The fraction of sp³-hybridized carbons (Fsp3) is 0.273. The molecular weight excluding hydrogens is 277 g/mol. The van der Waals surface area contributed by atoms with E-state index in [1.165, 1.54) is 6.92 Å². The quantitative estimate of drug-likeness (QED) is 0.298. The van der Waals surface area contributed by atoms with Crippen LogP contribution in [-0.4, -0.2) is 24.5 Å². The van der Waals surface area contributed by atoms with Gasteiger partial charge in [0.1, 0.15) is 5.57 Å². The molecule has 0 saturated carbocycles. The smallest absolute Gasteiger partial charge is 0.434 e. The van der Waals surface area contributed by atoms with Crippen molar-refractivity contribution in [2.45, 2.75) is 13.1 Å². The van der Waals surface area contributed by atoms with Crippen molar-refractivity contribution in [3.05, 3.63) is 35.9 Å². The van der Waals surface area contributed by atoms with Gasteiger partial charge in [-0.2, -0.15) is 13.2 Å². The molecule has 6 N–H and O–H groups in total. The standard InChI is InChI=1S/C11H15F3N4O2/c1-2-20-10(19)8(6-17)9(11(12,13)14)18-7(5-16)3-4-15/h3-6H,2,15-17H2,1H3/b4-3-,7-5+,8-6?,18-9?. The Kier molecular flexibility index (Phi) is 6.91. The van der Waals surface area contributed by atoms with Crippen molar-refractivity contribution < 1.29 is 22.7 Å². The third-order valence-electron chi connectivity index (χ3n) is 1.86. The minimum atomic E-state index is -4.92. The summed E-state index contributed by atoms with van der Waals surface area (Å²) in [6.45, 7) is 1.34. The van der Waals surface area contributed by atoms with Crippen LogP contribution in [0.3, 0.4) is 0 Å². The maximum absolute atomic E-state index is 12.9. The van der Waals surface area contributed by atoms with Crippen molar-refractivity contribution in [2.24, 2.45) is 22.2 Å². The van der Waals surface area contributed by atoms with Gasteiger partial charge in [-0.25, -0.2) is 9.79 Å². The average Bonchev–Trinajstić information content (AvgIpc) is 2.36. The number of nitrogens with zero attached hydrogens (tertiary/aromatic N) is 1. The lowest BCUT2D eigenvalue weighted by molar-refractivity contribution is -0.138. The predicted octanol–water partition coefficient (Wildman–Crippen LogP) is 0.668. The number of hydrogen-bond donors (Lipinski definition) is 3. The second kappa shape index (κ2) is 7.87. The van der Waals surface area contributed by atoms with E-state index in [1.807, 2.05) is 0 Å². The van der Waals surface area contributed by atoms with E-state index in [-0.39, 0.29) is 12.3 Å². The van der Waals surface area contributed by atoms with Gasteiger partial charge in [-0.3, -0.25) is 0 Å². The number of allylic oxidation sites excluding steroid dienone is 1. The number of aliphatic imine (C=N–C) groups is 1. The molecule has 0 radical (unpaired) electrons. The number of carbonyl (C=O) groups is 1. The number of nitrogens with two attached hydrogens (primary N) is 3. The highest BCUT2D eigenvalue weighted by Crippen LogP contribution is 2.24. The van der Waals surface area contributed by atoms with E-state index in [4.69, 9.17) is 17.2 Å². The Bertz CT molecular complexity index is 465. The number of rotatable bonds is 5. The molecule has 9 heteroatoms. The first kappa shape index (κ1) is 17.6. The number of hydrogen-bond acceptors (Lipinski definition) is 6. The first-order valence-corrected chi connectivity index (χ1v) is 5.37. The molecule has 112 valence electrons.